The van der Waals surface area contributed by atoms with E-state index >= 15 is 0 Å². The van der Waals surface area contributed by atoms with Crippen LogP contribution in [0.3, 0.4) is 0 Å². The molecule has 1 aliphatic carbocycles. The second-order valence-corrected chi connectivity index (χ2v) is 6.18. The van der Waals surface area contributed by atoms with Crippen molar-refractivity contribution < 1.29 is 9.72 Å². The van der Waals surface area contributed by atoms with Crippen LogP contribution in [0.5, 0.6) is 0 Å². The van der Waals surface area contributed by atoms with Gasteiger partial charge in [0.1, 0.15) is 0 Å². The first-order chi connectivity index (χ1) is 10.1. The molecule has 0 N–H and O–H groups in total. The highest BCUT2D eigenvalue weighted by Gasteiger charge is 2.29. The second-order valence-electron chi connectivity index (χ2n) is 5.17. The fourth-order valence-electron chi connectivity index (χ4n) is 2.22. The number of benzene rings is 1. The number of hydrogen-bond donors (Lipinski definition) is 0. The van der Waals surface area contributed by atoms with Crippen LogP contribution in [0.15, 0.2) is 23.2 Å². The third-order valence-electron chi connectivity index (χ3n) is 3.46. The number of aryl methyl sites for hydroxylation is 1. The Hall–Kier alpha value is -2.02. The second kappa shape index (κ2) is 5.40. The molecule has 1 saturated carbocycles. The summed E-state index contributed by atoms with van der Waals surface area (Å²) in [6.07, 6.45) is 2.76. The summed E-state index contributed by atoms with van der Waals surface area (Å²) in [5.74, 6) is 0.0144. The average Bonchev–Trinajstić information content (AvgIpc) is 3.24. The maximum absolute atomic E-state index is 11.9. The molecule has 1 aromatic carbocycles. The first-order valence-corrected chi connectivity index (χ1v) is 7.78. The number of aromatic nitrogens is 1. The first kappa shape index (κ1) is 13.9. The number of fused-ring (bicyclic) bond motifs is 1. The molecule has 3 rings (SSSR count). The number of amides is 1. The Labute approximate surface area is 124 Å². The van der Waals surface area contributed by atoms with E-state index in [9.17, 15) is 14.9 Å². The van der Waals surface area contributed by atoms with E-state index in [2.05, 4.69) is 4.99 Å². The minimum absolute atomic E-state index is 0.0625. The van der Waals surface area contributed by atoms with Gasteiger partial charge >= 0.3 is 0 Å². The van der Waals surface area contributed by atoms with E-state index in [1.54, 1.807) is 12.1 Å². The van der Waals surface area contributed by atoms with Crippen molar-refractivity contribution in [2.45, 2.75) is 32.7 Å². The van der Waals surface area contributed by atoms with Gasteiger partial charge in [-0.2, -0.15) is 4.99 Å². The van der Waals surface area contributed by atoms with Crippen LogP contribution in [-0.4, -0.2) is 15.4 Å². The van der Waals surface area contributed by atoms with Crippen LogP contribution >= 0.6 is 11.3 Å². The molecule has 1 fully saturated rings. The Morgan fingerprint density at radius 3 is 2.90 bits per heavy atom. The topological polar surface area (TPSA) is 77.5 Å². The summed E-state index contributed by atoms with van der Waals surface area (Å²) in [7, 11) is 0. The Balaban J connectivity index is 2.15. The van der Waals surface area contributed by atoms with Crippen molar-refractivity contribution in [3.05, 3.63) is 33.1 Å². The maximum Gasteiger partial charge on any atom is 0.270 e. The Morgan fingerprint density at radius 2 is 2.29 bits per heavy atom. The monoisotopic (exact) mass is 305 g/mol. The quantitative estimate of drug-likeness (QED) is 0.643. The molecule has 0 bridgehead atoms. The largest absolute Gasteiger partial charge is 0.316 e. The minimum atomic E-state index is -0.407. The molecular weight excluding hydrogens is 290 g/mol. The maximum atomic E-state index is 11.9. The van der Waals surface area contributed by atoms with Crippen LogP contribution < -0.4 is 4.80 Å². The highest BCUT2D eigenvalue weighted by molar-refractivity contribution is 7.16. The molecule has 110 valence electrons. The molecule has 0 unspecified atom stereocenters. The van der Waals surface area contributed by atoms with E-state index < -0.39 is 4.92 Å². The zero-order chi connectivity index (χ0) is 15.0. The lowest BCUT2D eigenvalue weighted by Gasteiger charge is -2.02. The smallest absolute Gasteiger partial charge is 0.270 e. The van der Waals surface area contributed by atoms with Gasteiger partial charge in [0, 0.05) is 24.6 Å². The van der Waals surface area contributed by atoms with Gasteiger partial charge in [0.25, 0.3) is 11.6 Å². The predicted octanol–water partition coefficient (Wildman–Crippen LogP) is 2.86. The van der Waals surface area contributed by atoms with E-state index in [1.807, 2.05) is 11.5 Å². The lowest BCUT2D eigenvalue weighted by Crippen LogP contribution is -2.17. The normalized spacial score (nSPS) is 15.6. The van der Waals surface area contributed by atoms with Crippen molar-refractivity contribution in [1.29, 1.82) is 0 Å². The molecule has 6 nitrogen and oxygen atoms in total. The van der Waals surface area contributed by atoms with Crippen molar-refractivity contribution in [2.75, 3.05) is 0 Å². The van der Waals surface area contributed by atoms with Gasteiger partial charge in [-0.05, 0) is 25.3 Å². The van der Waals surface area contributed by atoms with Gasteiger partial charge in [-0.15, -0.1) is 0 Å². The van der Waals surface area contributed by atoms with E-state index in [0.717, 1.165) is 36.0 Å². The van der Waals surface area contributed by atoms with Gasteiger partial charge in [-0.3, -0.25) is 14.9 Å². The summed E-state index contributed by atoms with van der Waals surface area (Å²) in [6, 6.07) is 4.78. The molecule has 0 aliphatic heterocycles. The third-order valence-corrected chi connectivity index (χ3v) is 4.50. The van der Waals surface area contributed by atoms with Gasteiger partial charge in [0.2, 0.25) is 0 Å². The van der Waals surface area contributed by atoms with E-state index in [4.69, 9.17) is 0 Å². The van der Waals surface area contributed by atoms with Crippen molar-refractivity contribution in [2.24, 2.45) is 10.9 Å². The molecule has 2 aromatic rings. The summed E-state index contributed by atoms with van der Waals surface area (Å²) >= 11 is 1.34. The van der Waals surface area contributed by atoms with Crippen molar-refractivity contribution in [1.82, 2.24) is 4.57 Å². The molecular formula is C14H15N3O3S. The number of nitrogens with zero attached hydrogens (tertiary/aromatic N) is 3. The number of non-ortho nitro benzene ring substituents is 1. The summed E-state index contributed by atoms with van der Waals surface area (Å²) < 4.78 is 2.77. The first-order valence-electron chi connectivity index (χ1n) is 6.96. The molecule has 21 heavy (non-hydrogen) atoms. The lowest BCUT2D eigenvalue weighted by molar-refractivity contribution is -0.384. The zero-order valence-corrected chi connectivity index (χ0v) is 12.4. The average molecular weight is 305 g/mol. The number of carbonyl (C=O) groups is 1. The van der Waals surface area contributed by atoms with Crippen molar-refractivity contribution >= 4 is 33.1 Å². The Morgan fingerprint density at radius 1 is 1.52 bits per heavy atom. The highest BCUT2D eigenvalue weighted by atomic mass is 32.1. The summed E-state index contributed by atoms with van der Waals surface area (Å²) in [5, 5.41) is 10.9. The standard InChI is InChI=1S/C14H15N3O3S/c1-2-7-16-11-6-5-10(17(19)20)8-12(11)21-14(16)15-13(18)9-3-4-9/h5-6,8-9H,2-4,7H2,1H3. The van der Waals surface area contributed by atoms with Crippen LogP contribution in [0.1, 0.15) is 26.2 Å². The number of hydrogen-bond acceptors (Lipinski definition) is 4. The van der Waals surface area contributed by atoms with Crippen molar-refractivity contribution in [3.8, 4) is 0 Å². The molecule has 7 heteroatoms. The lowest BCUT2D eigenvalue weighted by atomic mass is 10.3. The van der Waals surface area contributed by atoms with Gasteiger partial charge in [0.15, 0.2) is 4.80 Å². The van der Waals surface area contributed by atoms with Gasteiger partial charge in [-0.1, -0.05) is 18.3 Å². The molecule has 1 aromatic heterocycles. The molecule has 1 amide bonds. The van der Waals surface area contributed by atoms with Crippen LogP contribution in [-0.2, 0) is 11.3 Å². The van der Waals surface area contributed by atoms with Crippen LogP contribution in [0.4, 0.5) is 5.69 Å². The third kappa shape index (κ3) is 2.73. The minimum Gasteiger partial charge on any atom is -0.316 e. The molecule has 0 atom stereocenters. The number of thiazole rings is 1. The predicted molar refractivity (Wildman–Crippen MR) is 80.1 cm³/mol. The number of rotatable bonds is 4. The van der Waals surface area contributed by atoms with Gasteiger partial charge in [-0.25, -0.2) is 0 Å². The van der Waals surface area contributed by atoms with Crippen LogP contribution in [0.25, 0.3) is 10.2 Å². The van der Waals surface area contributed by atoms with Gasteiger partial charge in [0.05, 0.1) is 15.1 Å². The van der Waals surface area contributed by atoms with Crippen LogP contribution in [0, 0.1) is 16.0 Å². The summed E-state index contributed by atoms with van der Waals surface area (Å²) in [5.41, 5.74) is 0.960. The fourth-order valence-corrected chi connectivity index (χ4v) is 3.31. The fraction of sp³-hybridized carbons (Fsp3) is 0.429. The summed E-state index contributed by atoms with van der Waals surface area (Å²) in [6.45, 7) is 2.79. The molecule has 1 aliphatic rings. The molecule has 0 saturated heterocycles. The summed E-state index contributed by atoms with van der Waals surface area (Å²) in [4.78, 5) is 27.2. The zero-order valence-electron chi connectivity index (χ0n) is 11.6. The molecule has 0 radical (unpaired) electrons. The van der Waals surface area contributed by atoms with Crippen molar-refractivity contribution in [3.63, 3.8) is 0 Å². The Bertz CT molecular complexity index is 786. The molecule has 0 spiro atoms. The number of carbonyl (C=O) groups excluding carboxylic acids is 1. The van der Waals surface area contributed by atoms with E-state index in [1.165, 1.54) is 17.4 Å². The van der Waals surface area contributed by atoms with E-state index in [-0.39, 0.29) is 17.5 Å². The Kier molecular flexibility index (Phi) is 3.59. The number of nitro benzene ring substituents is 1. The molecule has 1 heterocycles. The van der Waals surface area contributed by atoms with Gasteiger partial charge < -0.3 is 4.57 Å². The highest BCUT2D eigenvalue weighted by Crippen LogP contribution is 2.30. The van der Waals surface area contributed by atoms with Crippen LogP contribution in [0.2, 0.25) is 0 Å². The number of nitro groups is 1. The van der Waals surface area contributed by atoms with E-state index in [0.29, 0.717) is 4.80 Å². The SMILES string of the molecule is CCCn1c(=NC(=O)C2CC2)sc2cc([N+](=O)[O-])ccc21.